The minimum Gasteiger partial charge on any atom is -0.388 e. The Hall–Kier alpha value is -1.23. The van der Waals surface area contributed by atoms with Crippen LogP contribution in [0.25, 0.3) is 0 Å². The lowest BCUT2D eigenvalue weighted by molar-refractivity contribution is 0.434. The molecule has 3 atom stereocenters. The summed E-state index contributed by atoms with van der Waals surface area (Å²) >= 11 is 4.97. The number of thiocarbonyl (C=S) groups is 1. The van der Waals surface area contributed by atoms with Crippen LogP contribution in [-0.2, 0) is 0 Å². The largest absolute Gasteiger partial charge is 0.388 e. The lowest BCUT2D eigenvalue weighted by Crippen LogP contribution is -2.26. The second kappa shape index (κ2) is 5.18. The molecule has 0 saturated heterocycles. The Kier molecular flexibility index (Phi) is 3.80. The van der Waals surface area contributed by atoms with Crippen LogP contribution in [0, 0.1) is 18.8 Å². The van der Waals surface area contributed by atoms with Crippen molar-refractivity contribution in [1.82, 2.24) is 9.97 Å². The molecular formula is C13H20N4S. The van der Waals surface area contributed by atoms with Gasteiger partial charge in [0.25, 0.3) is 0 Å². The minimum absolute atomic E-state index is 0.316. The van der Waals surface area contributed by atoms with E-state index >= 15 is 0 Å². The number of aromatic nitrogens is 2. The minimum atomic E-state index is 0.316. The Balaban J connectivity index is 2.16. The summed E-state index contributed by atoms with van der Waals surface area (Å²) in [6.45, 7) is 6.50. The maximum absolute atomic E-state index is 5.62. The van der Waals surface area contributed by atoms with Gasteiger partial charge >= 0.3 is 0 Å². The monoisotopic (exact) mass is 264 g/mol. The molecule has 1 heterocycles. The molecule has 2 rings (SSSR count). The molecule has 0 spiro atoms. The topological polar surface area (TPSA) is 63.8 Å². The van der Waals surface area contributed by atoms with E-state index in [-0.39, 0.29) is 0 Å². The third-order valence-electron chi connectivity index (χ3n) is 3.89. The Bertz CT molecular complexity index is 460. The van der Waals surface area contributed by atoms with Gasteiger partial charge in [0.15, 0.2) is 0 Å². The standard InChI is InChI=1S/C13H20N4S/c1-7-4-5-10(9(7)3)16-13-15-8(2)6-11(17-13)12(14)18/h6-7,9-10H,4-5H2,1-3H3,(H2,14,18)(H,15,16,17). The van der Waals surface area contributed by atoms with E-state index in [1.807, 2.05) is 13.0 Å². The van der Waals surface area contributed by atoms with Crippen molar-refractivity contribution in [2.45, 2.75) is 39.7 Å². The number of aryl methyl sites for hydroxylation is 1. The summed E-state index contributed by atoms with van der Waals surface area (Å²) in [7, 11) is 0. The van der Waals surface area contributed by atoms with Gasteiger partial charge in [-0.25, -0.2) is 9.97 Å². The lowest BCUT2D eigenvalue weighted by Gasteiger charge is -2.20. The Morgan fingerprint density at radius 2 is 2.11 bits per heavy atom. The molecule has 1 aliphatic carbocycles. The number of nitrogens with two attached hydrogens (primary N) is 1. The van der Waals surface area contributed by atoms with E-state index in [0.29, 0.717) is 28.6 Å². The van der Waals surface area contributed by atoms with Gasteiger partial charge < -0.3 is 11.1 Å². The molecule has 0 bridgehead atoms. The van der Waals surface area contributed by atoms with E-state index in [1.54, 1.807) is 0 Å². The first-order valence-electron chi connectivity index (χ1n) is 6.39. The van der Waals surface area contributed by atoms with Crippen molar-refractivity contribution >= 4 is 23.2 Å². The SMILES string of the molecule is Cc1cc(C(N)=S)nc(NC2CCC(C)C2C)n1. The van der Waals surface area contributed by atoms with Crippen LogP contribution >= 0.6 is 12.2 Å². The van der Waals surface area contributed by atoms with Gasteiger partial charge in [0.2, 0.25) is 5.95 Å². The zero-order valence-electron chi connectivity index (χ0n) is 11.1. The van der Waals surface area contributed by atoms with Crippen molar-refractivity contribution < 1.29 is 0 Å². The number of nitrogens with zero attached hydrogens (tertiary/aromatic N) is 2. The molecule has 98 valence electrons. The number of nitrogens with one attached hydrogen (secondary N) is 1. The zero-order valence-corrected chi connectivity index (χ0v) is 11.9. The summed E-state index contributed by atoms with van der Waals surface area (Å²) in [6, 6.07) is 2.26. The molecule has 3 unspecified atom stereocenters. The third kappa shape index (κ3) is 2.77. The summed E-state index contributed by atoms with van der Waals surface area (Å²) in [6.07, 6.45) is 2.43. The molecule has 4 nitrogen and oxygen atoms in total. The van der Waals surface area contributed by atoms with Crippen LogP contribution < -0.4 is 11.1 Å². The van der Waals surface area contributed by atoms with Crippen LogP contribution in [-0.4, -0.2) is 21.0 Å². The van der Waals surface area contributed by atoms with E-state index in [4.69, 9.17) is 18.0 Å². The van der Waals surface area contributed by atoms with Crippen molar-refractivity contribution in [3.63, 3.8) is 0 Å². The van der Waals surface area contributed by atoms with Gasteiger partial charge in [0, 0.05) is 11.7 Å². The molecule has 0 amide bonds. The Morgan fingerprint density at radius 1 is 1.39 bits per heavy atom. The molecule has 1 aliphatic rings. The van der Waals surface area contributed by atoms with Crippen LogP contribution in [0.15, 0.2) is 6.07 Å². The van der Waals surface area contributed by atoms with Crippen molar-refractivity contribution in [3.8, 4) is 0 Å². The van der Waals surface area contributed by atoms with Crippen molar-refractivity contribution in [2.24, 2.45) is 17.6 Å². The molecule has 0 radical (unpaired) electrons. The average Bonchev–Trinajstić information content (AvgIpc) is 2.60. The van der Waals surface area contributed by atoms with E-state index < -0.39 is 0 Å². The predicted molar refractivity (Wildman–Crippen MR) is 77.6 cm³/mol. The van der Waals surface area contributed by atoms with Gasteiger partial charge in [0.1, 0.15) is 10.7 Å². The highest BCUT2D eigenvalue weighted by atomic mass is 32.1. The summed E-state index contributed by atoms with van der Waals surface area (Å²) in [5.74, 6) is 2.04. The van der Waals surface area contributed by atoms with E-state index in [0.717, 1.165) is 11.6 Å². The first-order chi connectivity index (χ1) is 8.47. The van der Waals surface area contributed by atoms with E-state index in [9.17, 15) is 0 Å². The highest BCUT2D eigenvalue weighted by Gasteiger charge is 2.30. The molecule has 1 saturated carbocycles. The van der Waals surface area contributed by atoms with Gasteiger partial charge in [-0.1, -0.05) is 26.1 Å². The average molecular weight is 264 g/mol. The van der Waals surface area contributed by atoms with Crippen LogP contribution in [0.2, 0.25) is 0 Å². The maximum atomic E-state index is 5.62. The van der Waals surface area contributed by atoms with E-state index in [2.05, 4.69) is 29.1 Å². The fourth-order valence-corrected chi connectivity index (χ4v) is 2.60. The second-order valence-corrected chi connectivity index (χ2v) is 5.69. The molecule has 3 N–H and O–H groups in total. The number of rotatable bonds is 3. The summed E-state index contributed by atoms with van der Waals surface area (Å²) in [5.41, 5.74) is 7.14. The first kappa shape index (κ1) is 13.2. The summed E-state index contributed by atoms with van der Waals surface area (Å²) < 4.78 is 0. The smallest absolute Gasteiger partial charge is 0.223 e. The quantitative estimate of drug-likeness (QED) is 0.820. The molecule has 0 aliphatic heterocycles. The van der Waals surface area contributed by atoms with Gasteiger partial charge in [-0.15, -0.1) is 0 Å². The van der Waals surface area contributed by atoms with Crippen LogP contribution in [0.3, 0.4) is 0 Å². The Labute approximate surface area is 113 Å². The fraction of sp³-hybridized carbons (Fsp3) is 0.615. The van der Waals surface area contributed by atoms with Crippen LogP contribution in [0.4, 0.5) is 5.95 Å². The molecule has 1 aromatic heterocycles. The van der Waals surface area contributed by atoms with Crippen LogP contribution in [0.1, 0.15) is 38.1 Å². The number of hydrogen-bond acceptors (Lipinski definition) is 4. The van der Waals surface area contributed by atoms with Gasteiger partial charge in [0.05, 0.1) is 0 Å². The van der Waals surface area contributed by atoms with Gasteiger partial charge in [-0.05, 0) is 37.7 Å². The first-order valence-corrected chi connectivity index (χ1v) is 6.80. The molecule has 1 aromatic rings. The highest BCUT2D eigenvalue weighted by Crippen LogP contribution is 2.32. The van der Waals surface area contributed by atoms with Gasteiger partial charge in [-0.3, -0.25) is 0 Å². The number of hydrogen-bond donors (Lipinski definition) is 2. The van der Waals surface area contributed by atoms with Crippen molar-refractivity contribution in [2.75, 3.05) is 5.32 Å². The van der Waals surface area contributed by atoms with Crippen molar-refractivity contribution in [1.29, 1.82) is 0 Å². The van der Waals surface area contributed by atoms with Crippen molar-refractivity contribution in [3.05, 3.63) is 17.5 Å². The molecule has 0 aromatic carbocycles. The second-order valence-electron chi connectivity index (χ2n) is 5.25. The zero-order chi connectivity index (χ0) is 13.3. The predicted octanol–water partition coefficient (Wildman–Crippen LogP) is 2.27. The Morgan fingerprint density at radius 3 is 2.67 bits per heavy atom. The highest BCUT2D eigenvalue weighted by molar-refractivity contribution is 7.80. The molecule has 1 fully saturated rings. The summed E-state index contributed by atoms with van der Waals surface area (Å²) in [5, 5.41) is 3.42. The molecule has 18 heavy (non-hydrogen) atoms. The molecular weight excluding hydrogens is 244 g/mol. The fourth-order valence-electron chi connectivity index (χ4n) is 2.49. The third-order valence-corrected chi connectivity index (χ3v) is 4.10. The number of anilines is 1. The maximum Gasteiger partial charge on any atom is 0.223 e. The lowest BCUT2D eigenvalue weighted by atomic mass is 9.98. The van der Waals surface area contributed by atoms with Crippen LogP contribution in [0.5, 0.6) is 0 Å². The normalized spacial score (nSPS) is 27.2. The summed E-state index contributed by atoms with van der Waals surface area (Å²) in [4.78, 5) is 9.09. The van der Waals surface area contributed by atoms with Gasteiger partial charge in [-0.2, -0.15) is 0 Å². The van der Waals surface area contributed by atoms with E-state index in [1.165, 1.54) is 12.8 Å². The molecule has 5 heteroatoms.